The summed E-state index contributed by atoms with van der Waals surface area (Å²) in [5, 5.41) is 9.03. The van der Waals surface area contributed by atoms with Gasteiger partial charge in [-0.3, -0.25) is 14.4 Å². The summed E-state index contributed by atoms with van der Waals surface area (Å²) in [7, 11) is 0. The molecule has 1 saturated carbocycles. The lowest BCUT2D eigenvalue weighted by Crippen LogP contribution is -2.43. The van der Waals surface area contributed by atoms with Crippen molar-refractivity contribution in [1.82, 2.24) is 9.80 Å². The van der Waals surface area contributed by atoms with Crippen molar-refractivity contribution in [3.8, 4) is 0 Å². The van der Waals surface area contributed by atoms with Crippen LogP contribution < -0.4 is 0 Å². The molecule has 0 aromatic carbocycles. The normalized spacial score (nSPS) is 26.6. The first kappa shape index (κ1) is 19.7. The molecule has 0 aromatic rings. The van der Waals surface area contributed by atoms with E-state index in [1.807, 2.05) is 4.90 Å². The fourth-order valence-electron chi connectivity index (χ4n) is 4.42. The summed E-state index contributed by atoms with van der Waals surface area (Å²) in [6.07, 6.45) is 6.45. The molecule has 1 aliphatic heterocycles. The van der Waals surface area contributed by atoms with Crippen LogP contribution in [-0.2, 0) is 14.4 Å². The molecule has 0 aromatic heterocycles. The Morgan fingerprint density at radius 3 is 2.44 bits per heavy atom. The predicted molar refractivity (Wildman–Crippen MR) is 95.0 cm³/mol. The monoisotopic (exact) mass is 352 g/mol. The van der Waals surface area contributed by atoms with Gasteiger partial charge in [-0.1, -0.05) is 20.3 Å². The zero-order chi connectivity index (χ0) is 18.6. The third-order valence-corrected chi connectivity index (χ3v) is 5.71. The molecule has 1 N–H and O–H groups in total. The SMILES string of the molecule is CC(=O)N(CC(=O)O)C1CCCN(C(=O)C2CCCC(C)(C)C2)CC1. The summed E-state index contributed by atoms with van der Waals surface area (Å²) >= 11 is 0. The number of rotatable bonds is 4. The quantitative estimate of drug-likeness (QED) is 0.843. The summed E-state index contributed by atoms with van der Waals surface area (Å²) in [6, 6.07) is -0.0887. The second-order valence-electron chi connectivity index (χ2n) is 8.41. The van der Waals surface area contributed by atoms with Gasteiger partial charge in [-0.05, 0) is 43.9 Å². The fraction of sp³-hybridized carbons (Fsp3) is 0.842. The maximum Gasteiger partial charge on any atom is 0.323 e. The van der Waals surface area contributed by atoms with Crippen LogP contribution in [0.1, 0.15) is 65.7 Å². The van der Waals surface area contributed by atoms with Gasteiger partial charge in [-0.15, -0.1) is 0 Å². The molecule has 2 aliphatic rings. The van der Waals surface area contributed by atoms with Crippen molar-refractivity contribution in [2.75, 3.05) is 19.6 Å². The number of aliphatic carboxylic acids is 1. The summed E-state index contributed by atoms with van der Waals surface area (Å²) in [5.74, 6) is -0.831. The molecule has 0 spiro atoms. The standard InChI is InChI=1S/C19H32N2O4/c1-14(22)21(13-17(23)24)16-7-5-10-20(11-8-16)18(25)15-6-4-9-19(2,3)12-15/h15-16H,4-13H2,1-3H3,(H,23,24). The molecule has 2 unspecified atom stereocenters. The van der Waals surface area contributed by atoms with Gasteiger partial charge >= 0.3 is 5.97 Å². The van der Waals surface area contributed by atoms with E-state index in [2.05, 4.69) is 13.8 Å². The van der Waals surface area contributed by atoms with Gasteiger partial charge in [-0.2, -0.15) is 0 Å². The van der Waals surface area contributed by atoms with E-state index in [1.54, 1.807) is 0 Å². The van der Waals surface area contributed by atoms with Gasteiger partial charge < -0.3 is 14.9 Å². The minimum Gasteiger partial charge on any atom is -0.480 e. The van der Waals surface area contributed by atoms with Crippen molar-refractivity contribution in [2.24, 2.45) is 11.3 Å². The van der Waals surface area contributed by atoms with Crippen LogP contribution in [0.4, 0.5) is 0 Å². The first-order valence-electron chi connectivity index (χ1n) is 9.47. The van der Waals surface area contributed by atoms with Crippen LogP contribution in [0, 0.1) is 11.3 Å². The molecule has 6 nitrogen and oxygen atoms in total. The fourth-order valence-corrected chi connectivity index (χ4v) is 4.42. The highest BCUT2D eigenvalue weighted by molar-refractivity contribution is 5.80. The largest absolute Gasteiger partial charge is 0.480 e. The Hall–Kier alpha value is -1.59. The third kappa shape index (κ3) is 5.44. The number of hydrogen-bond donors (Lipinski definition) is 1. The number of carbonyl (C=O) groups excluding carboxylic acids is 2. The van der Waals surface area contributed by atoms with Gasteiger partial charge in [0.25, 0.3) is 0 Å². The first-order valence-corrected chi connectivity index (χ1v) is 9.47. The second-order valence-corrected chi connectivity index (χ2v) is 8.41. The van der Waals surface area contributed by atoms with Crippen LogP contribution in [0.25, 0.3) is 0 Å². The third-order valence-electron chi connectivity index (χ3n) is 5.71. The van der Waals surface area contributed by atoms with Gasteiger partial charge in [0.05, 0.1) is 0 Å². The number of carboxylic acid groups (broad SMARTS) is 1. The maximum atomic E-state index is 12.9. The minimum absolute atomic E-state index is 0.0887. The lowest BCUT2D eigenvalue weighted by Gasteiger charge is -2.37. The van der Waals surface area contributed by atoms with Crippen LogP contribution in [-0.4, -0.2) is 58.4 Å². The van der Waals surface area contributed by atoms with E-state index in [9.17, 15) is 14.4 Å². The Morgan fingerprint density at radius 1 is 1.12 bits per heavy atom. The van der Waals surface area contributed by atoms with Crippen molar-refractivity contribution in [1.29, 1.82) is 0 Å². The predicted octanol–water partition coefficient (Wildman–Crippen LogP) is 2.52. The molecule has 0 radical (unpaired) electrons. The maximum absolute atomic E-state index is 12.9. The number of carboxylic acids is 1. The summed E-state index contributed by atoms with van der Waals surface area (Å²) in [5.41, 5.74) is 0.236. The first-order chi connectivity index (χ1) is 11.7. The van der Waals surface area contributed by atoms with E-state index in [0.29, 0.717) is 19.5 Å². The zero-order valence-corrected chi connectivity index (χ0v) is 15.8. The van der Waals surface area contributed by atoms with Gasteiger partial charge in [-0.25, -0.2) is 0 Å². The summed E-state index contributed by atoms with van der Waals surface area (Å²) in [6.45, 7) is 6.96. The highest BCUT2D eigenvalue weighted by atomic mass is 16.4. The smallest absolute Gasteiger partial charge is 0.323 e. The molecule has 2 atom stereocenters. The van der Waals surface area contributed by atoms with E-state index in [1.165, 1.54) is 18.2 Å². The van der Waals surface area contributed by atoms with E-state index in [-0.39, 0.29) is 35.7 Å². The molecular weight excluding hydrogens is 320 g/mol. The minimum atomic E-state index is -0.989. The van der Waals surface area contributed by atoms with E-state index < -0.39 is 5.97 Å². The molecule has 1 heterocycles. The lowest BCUT2D eigenvalue weighted by molar-refractivity contribution is -0.145. The average molecular weight is 352 g/mol. The zero-order valence-electron chi connectivity index (χ0n) is 15.8. The number of likely N-dealkylation sites (tertiary alicyclic amines) is 1. The molecule has 6 heteroatoms. The van der Waals surface area contributed by atoms with Crippen LogP contribution >= 0.6 is 0 Å². The van der Waals surface area contributed by atoms with Gasteiger partial charge in [0, 0.05) is 32.0 Å². The molecule has 0 bridgehead atoms. The molecule has 2 rings (SSSR count). The Balaban J connectivity index is 1.97. The van der Waals surface area contributed by atoms with Gasteiger partial charge in [0.1, 0.15) is 6.54 Å². The number of amides is 2. The Kier molecular flexibility index (Phi) is 6.47. The van der Waals surface area contributed by atoms with Crippen LogP contribution in [0.15, 0.2) is 0 Å². The topological polar surface area (TPSA) is 77.9 Å². The molecule has 25 heavy (non-hydrogen) atoms. The van der Waals surface area contributed by atoms with E-state index in [0.717, 1.165) is 32.1 Å². The Morgan fingerprint density at radius 2 is 1.84 bits per heavy atom. The number of hydrogen-bond acceptors (Lipinski definition) is 3. The molecule has 2 fully saturated rings. The molecule has 1 saturated heterocycles. The highest BCUT2D eigenvalue weighted by Crippen LogP contribution is 2.39. The molecular formula is C19H32N2O4. The lowest BCUT2D eigenvalue weighted by atomic mass is 9.72. The van der Waals surface area contributed by atoms with Crippen molar-refractivity contribution in [3.63, 3.8) is 0 Å². The van der Waals surface area contributed by atoms with Crippen LogP contribution in [0.3, 0.4) is 0 Å². The average Bonchev–Trinajstić information content (AvgIpc) is 2.76. The summed E-state index contributed by atoms with van der Waals surface area (Å²) < 4.78 is 0. The van der Waals surface area contributed by atoms with Crippen molar-refractivity contribution in [3.05, 3.63) is 0 Å². The van der Waals surface area contributed by atoms with E-state index in [4.69, 9.17) is 5.11 Å². The van der Waals surface area contributed by atoms with Crippen LogP contribution in [0.2, 0.25) is 0 Å². The van der Waals surface area contributed by atoms with E-state index >= 15 is 0 Å². The second kappa shape index (κ2) is 8.19. The number of carbonyl (C=O) groups is 3. The van der Waals surface area contributed by atoms with Crippen molar-refractivity contribution < 1.29 is 19.5 Å². The van der Waals surface area contributed by atoms with Crippen LogP contribution in [0.5, 0.6) is 0 Å². The van der Waals surface area contributed by atoms with Crippen molar-refractivity contribution in [2.45, 2.75) is 71.8 Å². The Labute approximate surface area is 150 Å². The molecule has 1 aliphatic carbocycles. The highest BCUT2D eigenvalue weighted by Gasteiger charge is 2.35. The Bertz CT molecular complexity index is 518. The summed E-state index contributed by atoms with van der Waals surface area (Å²) in [4.78, 5) is 39.2. The van der Waals surface area contributed by atoms with Gasteiger partial charge in [0.2, 0.25) is 11.8 Å². The molecule has 2 amide bonds. The molecule has 142 valence electrons. The van der Waals surface area contributed by atoms with Gasteiger partial charge in [0.15, 0.2) is 0 Å². The number of nitrogens with zero attached hydrogens (tertiary/aromatic N) is 2. The van der Waals surface area contributed by atoms with Crippen molar-refractivity contribution >= 4 is 17.8 Å².